The third-order valence-corrected chi connectivity index (χ3v) is 15.4. The number of hydrogen-bond donors (Lipinski definition) is 0. The van der Waals surface area contributed by atoms with Gasteiger partial charge in [-0.1, -0.05) is 202 Å². The highest BCUT2D eigenvalue weighted by molar-refractivity contribution is 6.33. The second kappa shape index (κ2) is 13.3. The predicted octanol–water partition coefficient (Wildman–Crippen LogP) is 17.5. The van der Waals surface area contributed by atoms with Gasteiger partial charge >= 0.3 is 0 Å². The molecule has 2 heterocycles. The van der Waals surface area contributed by atoms with Gasteiger partial charge in [0.1, 0.15) is 0 Å². The van der Waals surface area contributed by atoms with Gasteiger partial charge in [0.15, 0.2) is 0 Å². The van der Waals surface area contributed by atoms with Crippen LogP contribution in [0.25, 0.3) is 132 Å². The summed E-state index contributed by atoms with van der Waals surface area (Å²) in [5.74, 6) is 0. The Morgan fingerprint density at radius 3 is 1.46 bits per heavy atom. The van der Waals surface area contributed by atoms with Gasteiger partial charge in [-0.25, -0.2) is 0 Å². The molecule has 0 bridgehead atoms. The minimum absolute atomic E-state index is 0.265. The SMILES string of the molecule is CC1(C)c2ccccc2-c2c1c1c3ccccc3n(-c3ccccc3)c1c1c3ccccc3n(-c3ccc4c5c(cccc35)-c3c-4c(-c4ccccc4)c4ccccc4c3-c3ccccc3)c21. The van der Waals surface area contributed by atoms with Crippen molar-refractivity contribution in [1.82, 2.24) is 9.13 Å². The van der Waals surface area contributed by atoms with Gasteiger partial charge in [0, 0.05) is 43.6 Å². The molecule has 0 spiro atoms. The lowest BCUT2D eigenvalue weighted by atomic mass is 9.80. The zero-order valence-electron chi connectivity index (χ0n) is 37.2. The van der Waals surface area contributed by atoms with E-state index in [-0.39, 0.29) is 5.41 Å². The van der Waals surface area contributed by atoms with E-state index in [1.807, 2.05) is 0 Å². The maximum absolute atomic E-state index is 2.65. The van der Waals surface area contributed by atoms with Gasteiger partial charge in [-0.3, -0.25) is 0 Å². The van der Waals surface area contributed by atoms with Crippen molar-refractivity contribution in [3.8, 4) is 67.0 Å². The van der Waals surface area contributed by atoms with Crippen LogP contribution in [-0.2, 0) is 5.41 Å². The second-order valence-electron chi connectivity index (χ2n) is 19.0. The average Bonchev–Trinajstić information content (AvgIpc) is 4.08. The first kappa shape index (κ1) is 36.8. The molecule has 67 heavy (non-hydrogen) atoms. The van der Waals surface area contributed by atoms with Crippen molar-refractivity contribution in [1.29, 1.82) is 0 Å². The monoisotopic (exact) mass is 850 g/mol. The van der Waals surface area contributed by atoms with Crippen LogP contribution in [0.15, 0.2) is 218 Å². The van der Waals surface area contributed by atoms with E-state index in [1.54, 1.807) is 0 Å². The van der Waals surface area contributed by atoms with Crippen molar-refractivity contribution >= 4 is 65.2 Å². The first-order valence-electron chi connectivity index (χ1n) is 23.5. The summed E-state index contributed by atoms with van der Waals surface area (Å²) in [4.78, 5) is 0. The van der Waals surface area contributed by atoms with Crippen LogP contribution in [0.3, 0.4) is 0 Å². The maximum Gasteiger partial charge on any atom is 0.0644 e. The molecular formula is C65H42N2. The van der Waals surface area contributed by atoms with Crippen LogP contribution in [0.1, 0.15) is 25.0 Å². The van der Waals surface area contributed by atoms with Crippen molar-refractivity contribution in [3.05, 3.63) is 230 Å². The molecule has 2 aromatic heterocycles. The standard InChI is InChI=1S/C65H42N2/c1-65(2)50-34-17-14-29-44(50)59-62(65)60-46-30-15-18-35-51(46)66(41-25-10-5-11-26-41)63(60)61-47-31-16-19-36-52(47)67(64(59)61)53-38-37-49-56-45(53)32-20-33-48(56)57-54(39-21-6-3-7-22-39)42-27-12-13-28-43(42)55(58(49)57)40-23-8-4-9-24-40/h3-38H,1-2H3. The van der Waals surface area contributed by atoms with Crippen LogP contribution in [-0.4, -0.2) is 9.13 Å². The molecule has 0 radical (unpaired) electrons. The van der Waals surface area contributed by atoms with Crippen molar-refractivity contribution in [2.24, 2.45) is 0 Å². The lowest BCUT2D eigenvalue weighted by molar-refractivity contribution is 0.667. The van der Waals surface area contributed by atoms with E-state index in [4.69, 9.17) is 0 Å². The Morgan fingerprint density at radius 2 is 0.806 bits per heavy atom. The van der Waals surface area contributed by atoms with Crippen LogP contribution in [0.2, 0.25) is 0 Å². The van der Waals surface area contributed by atoms with E-state index in [9.17, 15) is 0 Å². The molecule has 0 N–H and O–H groups in total. The van der Waals surface area contributed by atoms with Crippen LogP contribution in [0.5, 0.6) is 0 Å². The quantitative estimate of drug-likeness (QED) is 0.167. The van der Waals surface area contributed by atoms with Crippen LogP contribution < -0.4 is 0 Å². The van der Waals surface area contributed by atoms with Gasteiger partial charge < -0.3 is 9.13 Å². The first-order valence-corrected chi connectivity index (χ1v) is 23.5. The minimum Gasteiger partial charge on any atom is -0.309 e. The highest BCUT2D eigenvalue weighted by Gasteiger charge is 2.42. The van der Waals surface area contributed by atoms with Crippen molar-refractivity contribution in [3.63, 3.8) is 0 Å². The third-order valence-electron chi connectivity index (χ3n) is 15.4. The molecule has 2 aliphatic rings. The molecule has 0 fully saturated rings. The smallest absolute Gasteiger partial charge is 0.0644 e. The zero-order chi connectivity index (χ0) is 44.1. The van der Waals surface area contributed by atoms with Crippen LogP contribution in [0.4, 0.5) is 0 Å². The van der Waals surface area contributed by atoms with Crippen LogP contribution >= 0.6 is 0 Å². The Bertz CT molecular complexity index is 4170. The Hall–Kier alpha value is -8.46. The number of benzene rings is 11. The van der Waals surface area contributed by atoms with E-state index < -0.39 is 0 Å². The molecule has 15 rings (SSSR count). The average molecular weight is 851 g/mol. The molecule has 0 atom stereocenters. The molecule has 0 unspecified atom stereocenters. The van der Waals surface area contributed by atoms with Gasteiger partial charge in [-0.05, 0) is 108 Å². The second-order valence-corrected chi connectivity index (χ2v) is 19.0. The Labute approximate surface area is 388 Å². The molecule has 2 heteroatoms. The van der Waals surface area contributed by atoms with E-state index in [1.165, 1.54) is 143 Å². The minimum atomic E-state index is -0.265. The summed E-state index contributed by atoms with van der Waals surface area (Å²) in [7, 11) is 0. The molecule has 0 aliphatic heterocycles. The zero-order valence-corrected chi connectivity index (χ0v) is 37.2. The summed E-state index contributed by atoms with van der Waals surface area (Å²) >= 11 is 0. The number of para-hydroxylation sites is 3. The van der Waals surface area contributed by atoms with Gasteiger partial charge in [-0.2, -0.15) is 0 Å². The molecule has 0 saturated heterocycles. The summed E-state index contributed by atoms with van der Waals surface area (Å²) in [6.07, 6.45) is 0. The fourth-order valence-electron chi connectivity index (χ4n) is 12.8. The predicted molar refractivity (Wildman–Crippen MR) is 283 cm³/mol. The Balaban J connectivity index is 1.15. The van der Waals surface area contributed by atoms with Gasteiger partial charge in [0.05, 0.1) is 27.8 Å². The normalized spacial score (nSPS) is 13.3. The summed E-state index contributed by atoms with van der Waals surface area (Å²) < 4.78 is 5.20. The van der Waals surface area contributed by atoms with Crippen molar-refractivity contribution < 1.29 is 0 Å². The maximum atomic E-state index is 2.65. The van der Waals surface area contributed by atoms with E-state index in [0.29, 0.717) is 0 Å². The number of aromatic nitrogens is 2. The number of hydrogen-bond acceptors (Lipinski definition) is 0. The van der Waals surface area contributed by atoms with Crippen molar-refractivity contribution in [2.45, 2.75) is 19.3 Å². The number of fused-ring (bicyclic) bond motifs is 16. The van der Waals surface area contributed by atoms with Crippen LogP contribution in [0, 0.1) is 0 Å². The summed E-state index contributed by atoms with van der Waals surface area (Å²) in [6.45, 7) is 4.89. The molecule has 312 valence electrons. The summed E-state index contributed by atoms with van der Waals surface area (Å²) in [6, 6.07) is 81.5. The fraction of sp³-hybridized carbons (Fsp3) is 0.0462. The fourth-order valence-corrected chi connectivity index (χ4v) is 12.8. The first-order chi connectivity index (χ1) is 33.1. The van der Waals surface area contributed by atoms with Crippen molar-refractivity contribution in [2.75, 3.05) is 0 Å². The largest absolute Gasteiger partial charge is 0.309 e. The highest BCUT2D eigenvalue weighted by Crippen LogP contribution is 2.61. The molecule has 13 aromatic rings. The van der Waals surface area contributed by atoms with E-state index in [0.717, 1.165) is 0 Å². The highest BCUT2D eigenvalue weighted by atomic mass is 15.0. The molecule has 2 nitrogen and oxygen atoms in total. The van der Waals surface area contributed by atoms with Gasteiger partial charge in [0.2, 0.25) is 0 Å². The summed E-state index contributed by atoms with van der Waals surface area (Å²) in [5.41, 5.74) is 22.7. The Morgan fingerprint density at radius 1 is 0.313 bits per heavy atom. The van der Waals surface area contributed by atoms with E-state index >= 15 is 0 Å². The lowest BCUT2D eigenvalue weighted by Gasteiger charge is -2.23. The molecule has 11 aromatic carbocycles. The third kappa shape index (κ3) is 4.69. The van der Waals surface area contributed by atoms with E-state index in [2.05, 4.69) is 241 Å². The lowest BCUT2D eigenvalue weighted by Crippen LogP contribution is -2.15. The summed E-state index contributed by atoms with van der Waals surface area (Å²) in [5, 5.41) is 10.3. The topological polar surface area (TPSA) is 9.86 Å². The Kier molecular flexibility index (Phi) is 7.32. The number of rotatable bonds is 4. The molecule has 0 saturated carbocycles. The molecular weight excluding hydrogens is 809 g/mol. The van der Waals surface area contributed by atoms with Gasteiger partial charge in [0.25, 0.3) is 0 Å². The molecule has 0 amide bonds. The molecule has 2 aliphatic carbocycles. The van der Waals surface area contributed by atoms with Gasteiger partial charge in [-0.15, -0.1) is 0 Å². The number of nitrogens with zero attached hydrogens (tertiary/aromatic N) is 2.